The summed E-state index contributed by atoms with van der Waals surface area (Å²) in [5.41, 5.74) is 0.828. The van der Waals surface area contributed by atoms with Crippen molar-refractivity contribution < 1.29 is 19.4 Å². The van der Waals surface area contributed by atoms with Gasteiger partial charge in [0.25, 0.3) is 0 Å². The minimum absolute atomic E-state index is 0.0891. The van der Waals surface area contributed by atoms with Gasteiger partial charge in [-0.05, 0) is 30.9 Å². The van der Waals surface area contributed by atoms with E-state index in [1.54, 1.807) is 13.2 Å². The van der Waals surface area contributed by atoms with Crippen molar-refractivity contribution >= 4 is 17.7 Å². The van der Waals surface area contributed by atoms with Crippen LogP contribution in [0.2, 0.25) is 5.02 Å². The van der Waals surface area contributed by atoms with Gasteiger partial charge in [-0.2, -0.15) is 0 Å². The highest BCUT2D eigenvalue weighted by atomic mass is 35.5. The number of carbonyl (C=O) groups is 1. The van der Waals surface area contributed by atoms with E-state index in [0.29, 0.717) is 18.1 Å². The van der Waals surface area contributed by atoms with E-state index >= 15 is 0 Å². The molecule has 2 rings (SSSR count). The third-order valence-corrected chi connectivity index (χ3v) is 3.84. The lowest BCUT2D eigenvalue weighted by molar-refractivity contribution is -0.0365. The van der Waals surface area contributed by atoms with Crippen LogP contribution in [0, 0.1) is 0 Å². The van der Waals surface area contributed by atoms with Crippen molar-refractivity contribution in [2.24, 2.45) is 0 Å². The Bertz CT molecular complexity index is 478. The Morgan fingerprint density at radius 1 is 1.48 bits per heavy atom. The summed E-state index contributed by atoms with van der Waals surface area (Å²) in [4.78, 5) is 13.1. The van der Waals surface area contributed by atoms with E-state index in [4.69, 9.17) is 21.1 Å². The first kappa shape index (κ1) is 16.1. The van der Waals surface area contributed by atoms with Crippen LogP contribution in [-0.4, -0.2) is 42.7 Å². The number of methoxy groups -OCH3 is 1. The van der Waals surface area contributed by atoms with E-state index in [1.165, 1.54) is 4.90 Å². The fraction of sp³-hybridized carbons (Fsp3) is 0.533. The third-order valence-electron chi connectivity index (χ3n) is 3.50. The molecule has 1 aromatic rings. The lowest BCUT2D eigenvalue weighted by Crippen LogP contribution is -2.36. The molecule has 1 atom stereocenters. The number of halogens is 1. The van der Waals surface area contributed by atoms with Crippen molar-refractivity contribution in [2.45, 2.75) is 31.3 Å². The Kier molecular flexibility index (Phi) is 5.85. The molecule has 0 aliphatic heterocycles. The van der Waals surface area contributed by atoms with Crippen LogP contribution in [0.5, 0.6) is 0 Å². The van der Waals surface area contributed by atoms with Gasteiger partial charge in [-0.25, -0.2) is 4.79 Å². The maximum Gasteiger partial charge on any atom is 0.408 e. The van der Waals surface area contributed by atoms with Crippen LogP contribution in [0.3, 0.4) is 0 Å². The molecule has 1 amide bonds. The fourth-order valence-electron chi connectivity index (χ4n) is 2.42. The number of hydrogen-bond donors (Lipinski definition) is 1. The Balaban J connectivity index is 2.17. The monoisotopic (exact) mass is 313 g/mol. The lowest BCUT2D eigenvalue weighted by atomic mass is 10.0. The summed E-state index contributed by atoms with van der Waals surface area (Å²) in [7, 11) is 1.55. The summed E-state index contributed by atoms with van der Waals surface area (Å²) in [6.07, 6.45) is 1.46. The summed E-state index contributed by atoms with van der Waals surface area (Å²) in [6, 6.07) is 7.17. The van der Waals surface area contributed by atoms with Gasteiger partial charge in [0.15, 0.2) is 0 Å². The molecule has 1 aliphatic rings. The highest BCUT2D eigenvalue weighted by molar-refractivity contribution is 6.31. The maximum absolute atomic E-state index is 11.6. The van der Waals surface area contributed by atoms with Gasteiger partial charge >= 0.3 is 6.09 Å². The minimum Gasteiger partial charge on any atom is -0.465 e. The molecule has 1 saturated carbocycles. The molecule has 116 valence electrons. The SMILES string of the molecule is COCOCC[C@H](c1ccccc1Cl)N(C(=O)O)C1CC1. The van der Waals surface area contributed by atoms with Crippen molar-refractivity contribution in [3.63, 3.8) is 0 Å². The van der Waals surface area contributed by atoms with Crippen molar-refractivity contribution in [1.29, 1.82) is 0 Å². The number of ether oxygens (including phenoxy) is 2. The molecule has 5 nitrogen and oxygen atoms in total. The van der Waals surface area contributed by atoms with Crippen molar-refractivity contribution in [2.75, 3.05) is 20.5 Å². The zero-order chi connectivity index (χ0) is 15.2. The Hall–Kier alpha value is -1.30. The van der Waals surface area contributed by atoms with Crippen molar-refractivity contribution in [3.05, 3.63) is 34.9 Å². The summed E-state index contributed by atoms with van der Waals surface area (Å²) in [6.45, 7) is 0.617. The van der Waals surface area contributed by atoms with Gasteiger partial charge in [-0.3, -0.25) is 4.90 Å². The minimum atomic E-state index is -0.908. The molecule has 0 spiro atoms. The number of nitrogens with zero attached hydrogens (tertiary/aromatic N) is 1. The highest BCUT2D eigenvalue weighted by Crippen LogP contribution is 2.38. The predicted octanol–water partition coefficient (Wildman–Crippen LogP) is 3.53. The molecule has 1 aromatic carbocycles. The first-order chi connectivity index (χ1) is 10.1. The molecule has 6 heteroatoms. The number of benzene rings is 1. The summed E-state index contributed by atoms with van der Waals surface area (Å²) >= 11 is 6.25. The molecule has 21 heavy (non-hydrogen) atoms. The van der Waals surface area contributed by atoms with Crippen LogP contribution in [0.4, 0.5) is 4.79 Å². The van der Waals surface area contributed by atoms with Crippen molar-refractivity contribution in [1.82, 2.24) is 4.90 Å². The highest BCUT2D eigenvalue weighted by Gasteiger charge is 2.38. The van der Waals surface area contributed by atoms with Crippen molar-refractivity contribution in [3.8, 4) is 0 Å². The molecule has 1 N–H and O–H groups in total. The van der Waals surface area contributed by atoms with E-state index < -0.39 is 6.09 Å². The Morgan fingerprint density at radius 3 is 2.76 bits per heavy atom. The zero-order valence-corrected chi connectivity index (χ0v) is 12.8. The van der Waals surface area contributed by atoms with Crippen LogP contribution in [0.1, 0.15) is 30.9 Å². The van der Waals surface area contributed by atoms with Crippen LogP contribution < -0.4 is 0 Å². The van der Waals surface area contributed by atoms with E-state index in [-0.39, 0.29) is 18.9 Å². The topological polar surface area (TPSA) is 59.0 Å². The average Bonchev–Trinajstić information content (AvgIpc) is 3.27. The number of amides is 1. The van der Waals surface area contributed by atoms with Crippen LogP contribution in [0.25, 0.3) is 0 Å². The van der Waals surface area contributed by atoms with E-state index in [2.05, 4.69) is 0 Å². The number of carboxylic acid groups (broad SMARTS) is 1. The van der Waals surface area contributed by atoms with Gasteiger partial charge in [0.1, 0.15) is 6.79 Å². The van der Waals surface area contributed by atoms with Gasteiger partial charge in [0.05, 0.1) is 12.6 Å². The number of hydrogen-bond acceptors (Lipinski definition) is 3. The molecule has 1 fully saturated rings. The first-order valence-electron chi connectivity index (χ1n) is 6.97. The van der Waals surface area contributed by atoms with Gasteiger partial charge in [-0.1, -0.05) is 29.8 Å². The fourth-order valence-corrected chi connectivity index (χ4v) is 2.69. The average molecular weight is 314 g/mol. The van der Waals surface area contributed by atoms with Gasteiger partial charge in [0, 0.05) is 18.2 Å². The molecule has 0 aromatic heterocycles. The van der Waals surface area contributed by atoms with Crippen LogP contribution >= 0.6 is 11.6 Å². The second-order valence-corrected chi connectivity index (χ2v) is 5.47. The zero-order valence-electron chi connectivity index (χ0n) is 12.0. The molecular formula is C15H20ClNO4. The summed E-state index contributed by atoms with van der Waals surface area (Å²) < 4.78 is 10.2. The largest absolute Gasteiger partial charge is 0.465 e. The van der Waals surface area contributed by atoms with Crippen LogP contribution in [-0.2, 0) is 9.47 Å². The second kappa shape index (κ2) is 7.64. The van der Waals surface area contributed by atoms with Crippen LogP contribution in [0.15, 0.2) is 24.3 Å². The van der Waals surface area contributed by atoms with E-state index in [0.717, 1.165) is 18.4 Å². The standard InChI is InChI=1S/C15H20ClNO4/c1-20-10-21-9-8-14(12-4-2-3-5-13(12)16)17(15(18)19)11-6-7-11/h2-5,11,14H,6-10H2,1H3,(H,18,19)/t14-/m1/s1. The van der Waals surface area contributed by atoms with Gasteiger partial charge in [0.2, 0.25) is 0 Å². The normalized spacial score (nSPS) is 15.7. The van der Waals surface area contributed by atoms with Gasteiger partial charge < -0.3 is 14.6 Å². The molecule has 0 heterocycles. The summed E-state index contributed by atoms with van der Waals surface area (Å²) in [5.74, 6) is 0. The quantitative estimate of drug-likeness (QED) is 0.589. The molecule has 0 radical (unpaired) electrons. The van der Waals surface area contributed by atoms with Gasteiger partial charge in [-0.15, -0.1) is 0 Å². The predicted molar refractivity (Wildman–Crippen MR) is 79.5 cm³/mol. The smallest absolute Gasteiger partial charge is 0.408 e. The maximum atomic E-state index is 11.6. The molecule has 1 aliphatic carbocycles. The molecule has 0 saturated heterocycles. The molecular weight excluding hydrogens is 294 g/mol. The molecule has 0 bridgehead atoms. The first-order valence-corrected chi connectivity index (χ1v) is 7.35. The third kappa shape index (κ3) is 4.33. The van der Waals surface area contributed by atoms with E-state index in [9.17, 15) is 9.90 Å². The Labute approximate surface area is 129 Å². The summed E-state index contributed by atoms with van der Waals surface area (Å²) in [5, 5.41) is 10.1. The number of rotatable bonds is 8. The lowest BCUT2D eigenvalue weighted by Gasteiger charge is -2.30. The van der Waals surface area contributed by atoms with E-state index in [1.807, 2.05) is 18.2 Å². The second-order valence-electron chi connectivity index (χ2n) is 5.06. The Morgan fingerprint density at radius 2 is 2.19 bits per heavy atom. The molecule has 0 unspecified atom stereocenters.